The Morgan fingerprint density at radius 3 is 2.62 bits per heavy atom. The Labute approximate surface area is 149 Å². The van der Waals surface area contributed by atoms with Crippen LogP contribution < -0.4 is 5.32 Å². The number of amides is 2. The molecule has 0 spiro atoms. The van der Waals surface area contributed by atoms with E-state index in [4.69, 9.17) is 4.52 Å². The fourth-order valence-corrected chi connectivity index (χ4v) is 2.82. The predicted molar refractivity (Wildman–Crippen MR) is 93.3 cm³/mol. The number of benzene rings is 2. The summed E-state index contributed by atoms with van der Waals surface area (Å²) in [7, 11) is 0. The molecule has 1 N–H and O–H groups in total. The van der Waals surface area contributed by atoms with Crippen LogP contribution in [0.15, 0.2) is 59.1 Å². The molecular weight excluding hydrogens is 335 g/mol. The second-order valence-corrected chi connectivity index (χ2v) is 6.25. The summed E-state index contributed by atoms with van der Waals surface area (Å²) in [6.07, 6.45) is 0.617. The molecule has 7 heteroatoms. The third-order valence-corrected chi connectivity index (χ3v) is 4.30. The zero-order valence-corrected chi connectivity index (χ0v) is 13.9. The third kappa shape index (κ3) is 3.56. The quantitative estimate of drug-likeness (QED) is 0.781. The van der Waals surface area contributed by atoms with Gasteiger partial charge in [0.15, 0.2) is 5.82 Å². The average Bonchev–Trinajstić information content (AvgIpc) is 3.04. The predicted octanol–water partition coefficient (Wildman–Crippen LogP) is 3.43. The summed E-state index contributed by atoms with van der Waals surface area (Å²) in [5.74, 6) is 0.905. The number of halogens is 1. The molecule has 0 aliphatic carbocycles. The maximum atomic E-state index is 12.9. The number of carbonyl (C=O) groups is 1. The monoisotopic (exact) mass is 352 g/mol. The second-order valence-electron chi connectivity index (χ2n) is 6.25. The van der Waals surface area contributed by atoms with Gasteiger partial charge in [-0.1, -0.05) is 35.5 Å². The molecule has 6 nitrogen and oxygen atoms in total. The molecule has 1 aliphatic rings. The zero-order valence-electron chi connectivity index (χ0n) is 13.9. The van der Waals surface area contributed by atoms with Crippen molar-refractivity contribution in [2.45, 2.75) is 12.3 Å². The van der Waals surface area contributed by atoms with Crippen LogP contribution in [-0.4, -0.2) is 34.2 Å². The van der Waals surface area contributed by atoms with Gasteiger partial charge >= 0.3 is 6.03 Å². The van der Waals surface area contributed by atoms with Gasteiger partial charge in [0.05, 0.1) is 5.92 Å². The van der Waals surface area contributed by atoms with Crippen molar-refractivity contribution in [3.8, 4) is 0 Å². The van der Waals surface area contributed by atoms with Crippen molar-refractivity contribution in [1.82, 2.24) is 15.0 Å². The lowest BCUT2D eigenvalue weighted by Gasteiger charge is -2.36. The van der Waals surface area contributed by atoms with Crippen molar-refractivity contribution in [1.29, 1.82) is 0 Å². The van der Waals surface area contributed by atoms with Gasteiger partial charge in [0.2, 0.25) is 5.89 Å². The van der Waals surface area contributed by atoms with E-state index >= 15 is 0 Å². The molecule has 132 valence electrons. The van der Waals surface area contributed by atoms with Crippen LogP contribution in [0.1, 0.15) is 23.2 Å². The number of nitrogens with one attached hydrogen (secondary N) is 1. The van der Waals surface area contributed by atoms with E-state index in [0.29, 0.717) is 36.9 Å². The fraction of sp³-hybridized carbons (Fsp3) is 0.211. The number of aromatic nitrogens is 2. The van der Waals surface area contributed by atoms with Gasteiger partial charge in [0, 0.05) is 25.2 Å². The van der Waals surface area contributed by atoms with E-state index in [0.717, 1.165) is 5.56 Å². The van der Waals surface area contributed by atoms with Crippen molar-refractivity contribution in [3.63, 3.8) is 0 Å². The first-order valence-electron chi connectivity index (χ1n) is 8.35. The Kier molecular flexibility index (Phi) is 4.35. The lowest BCUT2D eigenvalue weighted by atomic mass is 10.0. The molecule has 0 atom stereocenters. The highest BCUT2D eigenvalue weighted by atomic mass is 19.1. The summed E-state index contributed by atoms with van der Waals surface area (Å²) >= 11 is 0. The van der Waals surface area contributed by atoms with Crippen molar-refractivity contribution in [2.24, 2.45) is 0 Å². The van der Waals surface area contributed by atoms with E-state index < -0.39 is 0 Å². The van der Waals surface area contributed by atoms with Gasteiger partial charge in [-0.25, -0.2) is 9.18 Å². The summed E-state index contributed by atoms with van der Waals surface area (Å²) in [5.41, 5.74) is 1.68. The molecule has 0 bridgehead atoms. The van der Waals surface area contributed by atoms with Gasteiger partial charge in [-0.2, -0.15) is 4.98 Å². The van der Waals surface area contributed by atoms with Gasteiger partial charge in [-0.3, -0.25) is 0 Å². The number of hydrogen-bond donors (Lipinski definition) is 1. The molecule has 1 fully saturated rings. The standard InChI is InChI=1S/C19H17FN4O2/c20-15-6-8-16(9-7-15)21-19(25)24-11-14(12-24)18-22-17(23-26-18)10-13-4-2-1-3-5-13/h1-9,14H,10-12H2,(H,21,25). The van der Waals surface area contributed by atoms with Gasteiger partial charge in [0.1, 0.15) is 5.82 Å². The van der Waals surface area contributed by atoms with E-state index in [1.54, 1.807) is 4.90 Å². The first-order valence-corrected chi connectivity index (χ1v) is 8.35. The van der Waals surface area contributed by atoms with E-state index in [1.165, 1.54) is 24.3 Å². The van der Waals surface area contributed by atoms with Crippen LogP contribution in [0, 0.1) is 5.82 Å². The van der Waals surface area contributed by atoms with E-state index in [-0.39, 0.29) is 17.8 Å². The average molecular weight is 352 g/mol. The van der Waals surface area contributed by atoms with Crippen LogP contribution in [0.25, 0.3) is 0 Å². The number of carbonyl (C=O) groups excluding carboxylic acids is 1. The maximum absolute atomic E-state index is 12.9. The van der Waals surface area contributed by atoms with Gasteiger partial charge in [-0.05, 0) is 29.8 Å². The number of anilines is 1. The Morgan fingerprint density at radius 2 is 1.88 bits per heavy atom. The van der Waals surface area contributed by atoms with Crippen molar-refractivity contribution >= 4 is 11.7 Å². The van der Waals surface area contributed by atoms with Crippen molar-refractivity contribution in [3.05, 3.63) is 77.7 Å². The van der Waals surface area contributed by atoms with Crippen LogP contribution in [0.4, 0.5) is 14.9 Å². The number of rotatable bonds is 4. The molecule has 1 aliphatic heterocycles. The summed E-state index contributed by atoms with van der Waals surface area (Å²) in [6.45, 7) is 1.03. The Balaban J connectivity index is 1.30. The number of likely N-dealkylation sites (tertiary alicyclic amines) is 1. The van der Waals surface area contributed by atoms with Crippen LogP contribution in [-0.2, 0) is 6.42 Å². The SMILES string of the molecule is O=C(Nc1ccc(F)cc1)N1CC(c2nc(Cc3ccccc3)no2)C1. The maximum Gasteiger partial charge on any atom is 0.321 e. The summed E-state index contributed by atoms with van der Waals surface area (Å²) in [5, 5.41) is 6.75. The molecule has 4 rings (SSSR count). The van der Waals surface area contributed by atoms with Crippen LogP contribution >= 0.6 is 0 Å². The molecule has 26 heavy (non-hydrogen) atoms. The minimum absolute atomic E-state index is 0.0472. The highest BCUT2D eigenvalue weighted by Gasteiger charge is 2.35. The third-order valence-electron chi connectivity index (χ3n) is 4.30. The van der Waals surface area contributed by atoms with Crippen LogP contribution in [0.5, 0.6) is 0 Å². The highest BCUT2D eigenvalue weighted by molar-refractivity contribution is 5.89. The van der Waals surface area contributed by atoms with Gasteiger partial charge < -0.3 is 14.7 Å². The summed E-state index contributed by atoms with van der Waals surface area (Å²) < 4.78 is 18.2. The van der Waals surface area contributed by atoms with E-state index in [9.17, 15) is 9.18 Å². The zero-order chi connectivity index (χ0) is 17.9. The summed E-state index contributed by atoms with van der Waals surface area (Å²) in [4.78, 5) is 18.2. The first kappa shape index (κ1) is 16.3. The highest BCUT2D eigenvalue weighted by Crippen LogP contribution is 2.26. The Morgan fingerprint density at radius 1 is 1.15 bits per heavy atom. The van der Waals surface area contributed by atoms with E-state index in [2.05, 4.69) is 15.5 Å². The largest absolute Gasteiger partial charge is 0.339 e. The molecule has 0 unspecified atom stereocenters. The molecule has 0 saturated carbocycles. The number of hydrogen-bond acceptors (Lipinski definition) is 4. The molecule has 1 aromatic heterocycles. The molecule has 3 aromatic rings. The fourth-order valence-electron chi connectivity index (χ4n) is 2.82. The minimum atomic E-state index is -0.338. The Hall–Kier alpha value is -3.22. The second kappa shape index (κ2) is 6.95. The van der Waals surface area contributed by atoms with Gasteiger partial charge in [-0.15, -0.1) is 0 Å². The first-order chi connectivity index (χ1) is 12.7. The normalized spacial score (nSPS) is 14.1. The molecular formula is C19H17FN4O2. The van der Waals surface area contributed by atoms with E-state index in [1.807, 2.05) is 30.3 Å². The number of nitrogens with zero attached hydrogens (tertiary/aromatic N) is 3. The number of urea groups is 1. The van der Waals surface area contributed by atoms with Crippen molar-refractivity contribution < 1.29 is 13.7 Å². The van der Waals surface area contributed by atoms with Gasteiger partial charge in [0.25, 0.3) is 0 Å². The van der Waals surface area contributed by atoms with Crippen LogP contribution in [0.3, 0.4) is 0 Å². The lowest BCUT2D eigenvalue weighted by molar-refractivity contribution is 0.147. The summed E-state index contributed by atoms with van der Waals surface area (Å²) in [6, 6.07) is 15.4. The molecule has 2 heterocycles. The minimum Gasteiger partial charge on any atom is -0.339 e. The Bertz CT molecular complexity index is 889. The lowest BCUT2D eigenvalue weighted by Crippen LogP contribution is -2.50. The van der Waals surface area contributed by atoms with Crippen molar-refractivity contribution in [2.75, 3.05) is 18.4 Å². The molecule has 1 saturated heterocycles. The topological polar surface area (TPSA) is 71.3 Å². The van der Waals surface area contributed by atoms with Crippen LogP contribution in [0.2, 0.25) is 0 Å². The molecule has 2 aromatic carbocycles. The molecule has 2 amide bonds. The smallest absolute Gasteiger partial charge is 0.321 e. The molecule has 0 radical (unpaired) electrons.